The van der Waals surface area contributed by atoms with Crippen LogP contribution in [0, 0.1) is 0 Å². The van der Waals surface area contributed by atoms with E-state index in [0.717, 1.165) is 45.3 Å². The summed E-state index contributed by atoms with van der Waals surface area (Å²) in [5.41, 5.74) is 3.65. The molecule has 0 N–H and O–H groups in total. The number of carbonyl (C=O) groups is 2. The lowest BCUT2D eigenvalue weighted by atomic mass is 10.1. The van der Waals surface area contributed by atoms with Crippen LogP contribution in [0.15, 0.2) is 97.1 Å². The number of nitrogens with zero attached hydrogens (tertiary/aromatic N) is 3. The van der Waals surface area contributed by atoms with Gasteiger partial charge in [0.25, 0.3) is 0 Å². The highest BCUT2D eigenvalue weighted by atomic mass is 16.7. The van der Waals surface area contributed by atoms with E-state index in [0.29, 0.717) is 26.2 Å². The smallest absolute Gasteiger partial charge is 0.412 e. The first-order valence-electron chi connectivity index (χ1n) is 16.5. The first kappa shape index (κ1) is 39.3. The van der Waals surface area contributed by atoms with Crippen molar-refractivity contribution in [3.63, 3.8) is 0 Å². The summed E-state index contributed by atoms with van der Waals surface area (Å²) in [6, 6.07) is 29.9. The fourth-order valence-electron chi connectivity index (χ4n) is 4.97. The Hall–Kier alpha value is -5.50. The van der Waals surface area contributed by atoms with Crippen LogP contribution in [0.1, 0.15) is 22.3 Å². The zero-order valence-electron chi connectivity index (χ0n) is 30.3. The minimum atomic E-state index is -0.536. The lowest BCUT2D eigenvalue weighted by molar-refractivity contribution is -0.110. The summed E-state index contributed by atoms with van der Waals surface area (Å²) < 4.78 is 43.0. The van der Waals surface area contributed by atoms with E-state index < -0.39 is 12.2 Å². The second-order valence-corrected chi connectivity index (χ2v) is 11.7. The van der Waals surface area contributed by atoms with Gasteiger partial charge in [-0.25, -0.2) is 9.59 Å². The summed E-state index contributed by atoms with van der Waals surface area (Å²) in [7, 11) is 8.17. The monoisotopic (exact) mass is 717 g/mol. The largest absolute Gasteiger partial charge is 0.497 e. The Bertz CT molecular complexity index is 1410. The Balaban J connectivity index is 1.21. The van der Waals surface area contributed by atoms with Crippen LogP contribution in [0.5, 0.6) is 23.0 Å². The summed E-state index contributed by atoms with van der Waals surface area (Å²) in [5, 5.41) is 0. The highest BCUT2D eigenvalue weighted by molar-refractivity contribution is 5.68. The average Bonchev–Trinajstić information content (AvgIpc) is 3.18. The molecule has 0 bridgehead atoms. The quantitative estimate of drug-likeness (QED) is 0.0737. The molecular formula is C39H47N3O10. The molecule has 0 aliphatic rings. The molecule has 0 atom stereocenters. The summed E-state index contributed by atoms with van der Waals surface area (Å²) >= 11 is 0. The molecule has 0 heterocycles. The third kappa shape index (κ3) is 13.0. The van der Waals surface area contributed by atoms with Crippen molar-refractivity contribution in [2.45, 2.75) is 26.2 Å². The van der Waals surface area contributed by atoms with Gasteiger partial charge in [-0.05, 0) is 77.8 Å². The van der Waals surface area contributed by atoms with Crippen LogP contribution in [0.2, 0.25) is 0 Å². The van der Waals surface area contributed by atoms with Gasteiger partial charge in [0.2, 0.25) is 0 Å². The second-order valence-electron chi connectivity index (χ2n) is 11.7. The van der Waals surface area contributed by atoms with E-state index in [1.54, 1.807) is 50.2 Å². The van der Waals surface area contributed by atoms with Gasteiger partial charge < -0.3 is 37.9 Å². The number of benzene rings is 4. The molecule has 0 saturated carbocycles. The van der Waals surface area contributed by atoms with Crippen molar-refractivity contribution in [1.82, 2.24) is 14.7 Å². The van der Waals surface area contributed by atoms with E-state index in [4.69, 9.17) is 37.9 Å². The predicted molar refractivity (Wildman–Crippen MR) is 193 cm³/mol. The zero-order valence-corrected chi connectivity index (χ0v) is 30.3. The average molecular weight is 718 g/mol. The highest BCUT2D eigenvalue weighted by Gasteiger charge is 2.19. The molecule has 2 amide bonds. The first-order valence-corrected chi connectivity index (χ1v) is 16.5. The molecular weight excluding hydrogens is 670 g/mol. The number of hydrogen-bond acceptors (Lipinski definition) is 11. The third-order valence-electron chi connectivity index (χ3n) is 7.80. The van der Waals surface area contributed by atoms with Crippen LogP contribution < -0.4 is 18.9 Å². The van der Waals surface area contributed by atoms with Crippen LogP contribution in [-0.2, 0) is 45.1 Å². The first-order chi connectivity index (χ1) is 25.3. The van der Waals surface area contributed by atoms with Crippen LogP contribution >= 0.6 is 0 Å². The summed E-state index contributed by atoms with van der Waals surface area (Å²) in [6.45, 7) is 0.922. The number of amides is 2. The van der Waals surface area contributed by atoms with Gasteiger partial charge in [0.15, 0.2) is 13.6 Å². The van der Waals surface area contributed by atoms with Crippen molar-refractivity contribution >= 4 is 12.2 Å². The van der Waals surface area contributed by atoms with E-state index in [1.807, 2.05) is 97.1 Å². The lowest BCUT2D eigenvalue weighted by Gasteiger charge is -2.24. The van der Waals surface area contributed by atoms with E-state index in [2.05, 4.69) is 0 Å². The summed E-state index contributed by atoms with van der Waals surface area (Å²) in [6.07, 6.45) is -1.07. The van der Waals surface area contributed by atoms with Crippen molar-refractivity contribution < 1.29 is 47.5 Å². The Labute approximate surface area is 305 Å². The molecule has 4 rings (SSSR count). The second kappa shape index (κ2) is 21.0. The molecule has 0 unspecified atom stereocenters. The van der Waals surface area contributed by atoms with Gasteiger partial charge in [0, 0.05) is 26.2 Å². The molecule has 4 aromatic rings. The summed E-state index contributed by atoms with van der Waals surface area (Å²) in [5.74, 6) is 2.90. The number of rotatable bonds is 20. The topological polar surface area (TPSA) is 118 Å². The van der Waals surface area contributed by atoms with Crippen LogP contribution in [0.25, 0.3) is 0 Å². The Morgan fingerprint density at radius 3 is 0.923 bits per heavy atom. The maximum atomic E-state index is 13.1. The Morgan fingerprint density at radius 1 is 0.442 bits per heavy atom. The molecule has 0 aliphatic carbocycles. The summed E-state index contributed by atoms with van der Waals surface area (Å²) in [4.78, 5) is 31.1. The lowest BCUT2D eigenvalue weighted by Crippen LogP contribution is -2.33. The number of ether oxygens (including phenoxy) is 8. The molecule has 278 valence electrons. The molecule has 52 heavy (non-hydrogen) atoms. The van der Waals surface area contributed by atoms with Crippen molar-refractivity contribution in [2.75, 3.05) is 62.5 Å². The minimum absolute atomic E-state index is 0.0965. The standard InChI is InChI=1S/C39H47N3O10/c1-40(26-49-28-51-38(43)41(22-30-6-14-34(45-2)15-7-30)23-31-8-16-35(46-3)17-9-31)27-50-29-52-39(44)42(24-32-10-18-36(47-4)19-11-32)25-33-12-20-37(48-5)21-13-33/h6-21H,22-29H2,1-5H3. The molecule has 0 fully saturated rings. The van der Waals surface area contributed by atoms with Crippen molar-refractivity contribution in [3.8, 4) is 23.0 Å². The highest BCUT2D eigenvalue weighted by Crippen LogP contribution is 2.19. The van der Waals surface area contributed by atoms with Gasteiger partial charge in [-0.1, -0.05) is 48.5 Å². The third-order valence-corrected chi connectivity index (χ3v) is 7.80. The van der Waals surface area contributed by atoms with Crippen LogP contribution in [-0.4, -0.2) is 89.4 Å². The van der Waals surface area contributed by atoms with Gasteiger partial charge in [-0.15, -0.1) is 0 Å². The normalized spacial score (nSPS) is 10.7. The maximum Gasteiger partial charge on any atom is 0.412 e. The zero-order chi connectivity index (χ0) is 37.1. The van der Waals surface area contributed by atoms with E-state index in [-0.39, 0.29) is 27.0 Å². The van der Waals surface area contributed by atoms with Gasteiger partial charge in [-0.3, -0.25) is 14.7 Å². The van der Waals surface area contributed by atoms with Gasteiger partial charge >= 0.3 is 12.2 Å². The molecule has 0 aliphatic heterocycles. The molecule has 0 radical (unpaired) electrons. The Morgan fingerprint density at radius 2 is 0.692 bits per heavy atom. The number of methoxy groups -OCH3 is 4. The van der Waals surface area contributed by atoms with Crippen molar-refractivity contribution in [3.05, 3.63) is 119 Å². The predicted octanol–water partition coefficient (Wildman–Crippen LogP) is 6.49. The van der Waals surface area contributed by atoms with Gasteiger partial charge in [0.1, 0.15) is 36.5 Å². The van der Waals surface area contributed by atoms with Crippen LogP contribution in [0.4, 0.5) is 9.59 Å². The minimum Gasteiger partial charge on any atom is -0.497 e. The van der Waals surface area contributed by atoms with Gasteiger partial charge in [-0.2, -0.15) is 0 Å². The number of carbonyl (C=O) groups excluding carboxylic acids is 2. The molecule has 13 heteroatoms. The number of hydrogen-bond donors (Lipinski definition) is 0. The fraction of sp³-hybridized carbons (Fsp3) is 0.333. The Kier molecular flexibility index (Phi) is 15.9. The van der Waals surface area contributed by atoms with E-state index in [9.17, 15) is 9.59 Å². The van der Waals surface area contributed by atoms with Crippen molar-refractivity contribution in [2.24, 2.45) is 0 Å². The van der Waals surface area contributed by atoms with Gasteiger partial charge in [0.05, 0.1) is 28.4 Å². The SMILES string of the molecule is COc1ccc(CN(Cc2ccc(OC)cc2)C(=O)OCOCN(C)COCOC(=O)N(Cc2ccc(OC)cc2)Cc2ccc(OC)cc2)cc1. The molecule has 0 aromatic heterocycles. The maximum absolute atomic E-state index is 13.1. The van der Waals surface area contributed by atoms with E-state index >= 15 is 0 Å². The molecule has 0 saturated heterocycles. The molecule has 13 nitrogen and oxygen atoms in total. The molecule has 4 aromatic carbocycles. The van der Waals surface area contributed by atoms with E-state index in [1.165, 1.54) is 0 Å². The fourth-order valence-corrected chi connectivity index (χ4v) is 4.97. The van der Waals surface area contributed by atoms with Crippen LogP contribution in [0.3, 0.4) is 0 Å². The molecule has 0 spiro atoms. The van der Waals surface area contributed by atoms with Crippen molar-refractivity contribution in [1.29, 1.82) is 0 Å².